The van der Waals surface area contributed by atoms with E-state index < -0.39 is 0 Å². The van der Waals surface area contributed by atoms with Crippen molar-refractivity contribution in [3.05, 3.63) is 36.0 Å². The van der Waals surface area contributed by atoms with Gasteiger partial charge in [-0.3, -0.25) is 0 Å². The highest BCUT2D eigenvalue weighted by molar-refractivity contribution is 5.82. The Morgan fingerprint density at radius 2 is 1.93 bits per heavy atom. The van der Waals surface area contributed by atoms with Crippen LogP contribution >= 0.6 is 0 Å². The molecule has 0 saturated heterocycles. The third-order valence-electron chi connectivity index (χ3n) is 2.19. The van der Waals surface area contributed by atoms with E-state index in [1.807, 2.05) is 13.8 Å². The topological polar surface area (TPSA) is 15.8 Å². The van der Waals surface area contributed by atoms with E-state index in [-0.39, 0.29) is 1.43 Å². The molecule has 1 heterocycles. The van der Waals surface area contributed by atoms with Crippen LogP contribution < -0.4 is 0 Å². The van der Waals surface area contributed by atoms with E-state index >= 15 is 0 Å². The highest BCUT2D eigenvalue weighted by Crippen LogP contribution is 2.18. The maximum atomic E-state index is 3.27. The largest absolute Gasteiger partial charge is 0.361 e. The molecule has 0 amide bonds. The van der Waals surface area contributed by atoms with Crippen LogP contribution in [0.5, 0.6) is 0 Å². The monoisotopic (exact) mass is 191 g/mol. The number of nitrogens with one attached hydrogen (secondary N) is 1. The van der Waals surface area contributed by atoms with Gasteiger partial charge in [-0.15, -0.1) is 0 Å². The number of H-pyrrole nitrogens is 1. The summed E-state index contributed by atoms with van der Waals surface area (Å²) in [4.78, 5) is 3.27. The number of aryl methyl sites for hydroxylation is 1. The average Bonchev–Trinajstić information content (AvgIpc) is 2.66. The van der Waals surface area contributed by atoms with Crippen LogP contribution in [0.1, 0.15) is 34.2 Å². The Morgan fingerprint density at radius 3 is 2.64 bits per heavy atom. The molecular formula is C13H21N. The van der Waals surface area contributed by atoms with Crippen molar-refractivity contribution in [2.24, 2.45) is 0 Å². The van der Waals surface area contributed by atoms with Gasteiger partial charge in [0.1, 0.15) is 0 Å². The van der Waals surface area contributed by atoms with E-state index in [2.05, 4.69) is 42.4 Å². The lowest BCUT2D eigenvalue weighted by Gasteiger charge is -1.93. The van der Waals surface area contributed by atoms with Crippen molar-refractivity contribution < 1.29 is 1.43 Å². The minimum absolute atomic E-state index is 0. The Bertz CT molecular complexity index is 379. The van der Waals surface area contributed by atoms with Crippen molar-refractivity contribution in [3.63, 3.8) is 0 Å². The Balaban J connectivity index is 0.000000617. The molecule has 0 spiro atoms. The fourth-order valence-electron chi connectivity index (χ4n) is 1.61. The lowest BCUT2D eigenvalue weighted by atomic mass is 10.1. The van der Waals surface area contributed by atoms with Gasteiger partial charge in [0.05, 0.1) is 0 Å². The van der Waals surface area contributed by atoms with E-state index in [0.717, 1.165) is 0 Å². The molecular weight excluding hydrogens is 170 g/mol. The Hall–Kier alpha value is -1.24. The SMILES string of the molecule is CC.CCCc1c[nH]c2ccccc12.[HH]. The zero-order valence-electron chi connectivity index (χ0n) is 9.30. The summed E-state index contributed by atoms with van der Waals surface area (Å²) in [6, 6.07) is 8.45. The van der Waals surface area contributed by atoms with Gasteiger partial charge in [0.2, 0.25) is 0 Å². The lowest BCUT2D eigenvalue weighted by Crippen LogP contribution is -1.77. The van der Waals surface area contributed by atoms with E-state index in [9.17, 15) is 0 Å². The first kappa shape index (κ1) is 10.8. The number of para-hydroxylation sites is 1. The summed E-state index contributed by atoms with van der Waals surface area (Å²) in [6.07, 6.45) is 4.50. The minimum Gasteiger partial charge on any atom is -0.361 e. The molecule has 0 aliphatic rings. The van der Waals surface area contributed by atoms with Gasteiger partial charge in [-0.05, 0) is 18.1 Å². The molecule has 1 aromatic heterocycles. The summed E-state index contributed by atoms with van der Waals surface area (Å²) in [6.45, 7) is 6.21. The van der Waals surface area contributed by atoms with Gasteiger partial charge in [0.15, 0.2) is 0 Å². The summed E-state index contributed by atoms with van der Waals surface area (Å²) in [5, 5.41) is 1.37. The first-order valence-electron chi connectivity index (χ1n) is 5.47. The molecule has 0 atom stereocenters. The van der Waals surface area contributed by atoms with E-state index in [1.165, 1.54) is 29.3 Å². The molecule has 2 rings (SSSR count). The molecule has 78 valence electrons. The molecule has 0 bridgehead atoms. The first-order valence-corrected chi connectivity index (χ1v) is 5.47. The number of aromatic nitrogens is 1. The maximum Gasteiger partial charge on any atom is 0.0456 e. The molecule has 0 saturated carbocycles. The van der Waals surface area contributed by atoms with Crippen molar-refractivity contribution in [1.29, 1.82) is 0 Å². The van der Waals surface area contributed by atoms with Crippen LogP contribution in [0, 0.1) is 0 Å². The van der Waals surface area contributed by atoms with Gasteiger partial charge in [-0.1, -0.05) is 45.4 Å². The molecule has 0 fully saturated rings. The second kappa shape index (κ2) is 5.48. The number of fused-ring (bicyclic) bond motifs is 1. The van der Waals surface area contributed by atoms with Crippen molar-refractivity contribution >= 4 is 10.9 Å². The van der Waals surface area contributed by atoms with E-state index in [1.54, 1.807) is 0 Å². The van der Waals surface area contributed by atoms with Crippen LogP contribution in [-0.2, 0) is 6.42 Å². The Kier molecular flexibility index (Phi) is 4.24. The van der Waals surface area contributed by atoms with Crippen LogP contribution in [0.25, 0.3) is 10.9 Å². The van der Waals surface area contributed by atoms with E-state index in [0.29, 0.717) is 0 Å². The molecule has 1 N–H and O–H groups in total. The average molecular weight is 191 g/mol. The summed E-state index contributed by atoms with van der Waals surface area (Å²) in [7, 11) is 0. The van der Waals surface area contributed by atoms with Gasteiger partial charge < -0.3 is 4.98 Å². The van der Waals surface area contributed by atoms with Crippen molar-refractivity contribution in [1.82, 2.24) is 4.98 Å². The summed E-state index contributed by atoms with van der Waals surface area (Å²) < 4.78 is 0. The van der Waals surface area contributed by atoms with Crippen LogP contribution in [0.3, 0.4) is 0 Å². The standard InChI is InChI=1S/C11H13N.C2H6.H2/c1-2-5-9-8-12-11-7-4-3-6-10(9)11;1-2;/h3-4,6-8,12H,2,5H2,1H3;1-2H3;1H. The van der Waals surface area contributed by atoms with Crippen molar-refractivity contribution in [2.45, 2.75) is 33.6 Å². The molecule has 1 heteroatoms. The molecule has 0 aliphatic heterocycles. The highest BCUT2D eigenvalue weighted by Gasteiger charge is 1.99. The minimum atomic E-state index is 0. The van der Waals surface area contributed by atoms with Crippen LogP contribution in [0.2, 0.25) is 0 Å². The molecule has 1 aromatic carbocycles. The quantitative estimate of drug-likeness (QED) is 0.724. The number of hydrogen-bond donors (Lipinski definition) is 1. The smallest absolute Gasteiger partial charge is 0.0456 e. The fraction of sp³-hybridized carbons (Fsp3) is 0.385. The van der Waals surface area contributed by atoms with Crippen molar-refractivity contribution in [2.75, 3.05) is 0 Å². The predicted octanol–water partition coefficient (Wildman–Crippen LogP) is 4.39. The van der Waals surface area contributed by atoms with Crippen LogP contribution in [0.15, 0.2) is 30.5 Å². The van der Waals surface area contributed by atoms with Gasteiger partial charge in [0.25, 0.3) is 0 Å². The van der Waals surface area contributed by atoms with Gasteiger partial charge >= 0.3 is 0 Å². The fourth-order valence-corrected chi connectivity index (χ4v) is 1.61. The van der Waals surface area contributed by atoms with Crippen molar-refractivity contribution in [3.8, 4) is 0 Å². The maximum absolute atomic E-state index is 3.27. The summed E-state index contributed by atoms with van der Waals surface area (Å²) in [5.41, 5.74) is 2.69. The lowest BCUT2D eigenvalue weighted by molar-refractivity contribution is 0.929. The second-order valence-electron chi connectivity index (χ2n) is 3.11. The molecule has 14 heavy (non-hydrogen) atoms. The number of hydrogen-bond acceptors (Lipinski definition) is 0. The van der Waals surface area contributed by atoms with Gasteiger partial charge in [-0.25, -0.2) is 0 Å². The Labute approximate surface area is 87.6 Å². The zero-order chi connectivity index (χ0) is 10.4. The Morgan fingerprint density at radius 1 is 1.21 bits per heavy atom. The summed E-state index contributed by atoms with van der Waals surface area (Å²) >= 11 is 0. The predicted molar refractivity (Wildman–Crippen MR) is 65.8 cm³/mol. The molecule has 0 aliphatic carbocycles. The summed E-state index contributed by atoms with van der Waals surface area (Å²) in [5.74, 6) is 0. The molecule has 1 nitrogen and oxygen atoms in total. The highest BCUT2D eigenvalue weighted by atomic mass is 14.7. The van der Waals surface area contributed by atoms with Gasteiger partial charge in [0, 0.05) is 18.5 Å². The van der Waals surface area contributed by atoms with E-state index in [4.69, 9.17) is 0 Å². The van der Waals surface area contributed by atoms with Crippen LogP contribution in [-0.4, -0.2) is 4.98 Å². The number of aromatic amines is 1. The number of benzene rings is 1. The second-order valence-corrected chi connectivity index (χ2v) is 3.11. The molecule has 2 aromatic rings. The normalized spacial score (nSPS) is 9.64. The zero-order valence-corrected chi connectivity index (χ0v) is 9.30. The first-order chi connectivity index (χ1) is 6.92. The van der Waals surface area contributed by atoms with Gasteiger partial charge in [-0.2, -0.15) is 0 Å². The molecule has 0 radical (unpaired) electrons. The third kappa shape index (κ3) is 2.16. The molecule has 0 unspecified atom stereocenters. The number of rotatable bonds is 2. The van der Waals surface area contributed by atoms with Crippen LogP contribution in [0.4, 0.5) is 0 Å². The third-order valence-corrected chi connectivity index (χ3v) is 2.19.